The van der Waals surface area contributed by atoms with Gasteiger partial charge in [0.15, 0.2) is 5.69 Å². The van der Waals surface area contributed by atoms with Gasteiger partial charge in [0.2, 0.25) is 0 Å². The Balaban J connectivity index is 2.60. The smallest absolute Gasteiger partial charge is 0.330 e. The van der Waals surface area contributed by atoms with Crippen molar-refractivity contribution in [1.29, 1.82) is 0 Å². The number of halogens is 2. The molecule has 2 rings (SSSR count). The number of anilines is 2. The van der Waals surface area contributed by atoms with Crippen LogP contribution in [0, 0.1) is 5.92 Å². The maximum Gasteiger partial charge on any atom is 0.330 e. The van der Waals surface area contributed by atoms with Gasteiger partial charge in [0, 0.05) is 32.4 Å². The first kappa shape index (κ1) is 23.0. The second-order valence-corrected chi connectivity index (χ2v) is 7.74. The van der Waals surface area contributed by atoms with E-state index in [-0.39, 0.29) is 34.6 Å². The van der Waals surface area contributed by atoms with Gasteiger partial charge >= 0.3 is 5.69 Å². The van der Waals surface area contributed by atoms with Gasteiger partial charge in [-0.2, -0.15) is 0 Å². The Hall–Kier alpha value is -2.29. The summed E-state index contributed by atoms with van der Waals surface area (Å²) in [7, 11) is 1.54. The summed E-state index contributed by atoms with van der Waals surface area (Å²) in [6.07, 6.45) is 0.450. The van der Waals surface area contributed by atoms with Crippen molar-refractivity contribution in [2.45, 2.75) is 26.8 Å². The minimum Gasteiger partial charge on any atom is -0.385 e. The van der Waals surface area contributed by atoms with E-state index in [1.165, 1.54) is 34.8 Å². The summed E-state index contributed by atoms with van der Waals surface area (Å²) < 4.78 is 6.31. The standard InChI is InChI=1S/C19H24Cl2N4O4/c1-11(2)10-25-16(22)15(17(26)23-19(25)28)24(7-4-8-29-3)18(27)12-5-6-13(20)14(21)9-12/h5-6,9,11H,4,7-8,10,22H2,1-3H3,(H,23,26,28). The fourth-order valence-electron chi connectivity index (χ4n) is 2.85. The molecular formula is C19H24Cl2N4O4. The number of nitrogens with two attached hydrogens (primary N) is 1. The van der Waals surface area contributed by atoms with Gasteiger partial charge in [0.25, 0.3) is 11.5 Å². The molecule has 0 unspecified atom stereocenters. The number of H-pyrrole nitrogens is 1. The number of nitrogen functional groups attached to an aromatic ring is 1. The molecule has 1 heterocycles. The molecule has 29 heavy (non-hydrogen) atoms. The van der Waals surface area contributed by atoms with Crippen molar-refractivity contribution in [2.75, 3.05) is 30.9 Å². The number of hydrogen-bond acceptors (Lipinski definition) is 5. The summed E-state index contributed by atoms with van der Waals surface area (Å²) in [6.45, 7) is 4.64. The Labute approximate surface area is 178 Å². The van der Waals surface area contributed by atoms with E-state index in [4.69, 9.17) is 33.7 Å². The highest BCUT2D eigenvalue weighted by Crippen LogP contribution is 2.25. The van der Waals surface area contributed by atoms with E-state index >= 15 is 0 Å². The van der Waals surface area contributed by atoms with Crippen LogP contribution in [-0.4, -0.2) is 35.7 Å². The summed E-state index contributed by atoms with van der Waals surface area (Å²) in [5, 5.41) is 0.512. The maximum absolute atomic E-state index is 13.2. The molecular weight excluding hydrogens is 419 g/mol. The molecule has 0 bridgehead atoms. The lowest BCUT2D eigenvalue weighted by atomic mass is 10.1. The van der Waals surface area contributed by atoms with Crippen LogP contribution in [0.1, 0.15) is 30.6 Å². The van der Waals surface area contributed by atoms with Crippen LogP contribution in [0.15, 0.2) is 27.8 Å². The Morgan fingerprint density at radius 1 is 1.28 bits per heavy atom. The number of nitrogens with one attached hydrogen (secondary N) is 1. The Morgan fingerprint density at radius 3 is 2.55 bits per heavy atom. The highest BCUT2D eigenvalue weighted by Gasteiger charge is 2.25. The molecule has 3 N–H and O–H groups in total. The van der Waals surface area contributed by atoms with Crippen LogP contribution in [0.4, 0.5) is 11.5 Å². The number of hydrogen-bond donors (Lipinski definition) is 2. The van der Waals surface area contributed by atoms with E-state index in [2.05, 4.69) is 4.98 Å². The Kier molecular flexibility index (Phi) is 7.89. The van der Waals surface area contributed by atoms with E-state index < -0.39 is 17.2 Å². The third kappa shape index (κ3) is 5.41. The van der Waals surface area contributed by atoms with Crippen molar-refractivity contribution in [3.63, 3.8) is 0 Å². The number of methoxy groups -OCH3 is 1. The second-order valence-electron chi connectivity index (χ2n) is 6.93. The fraction of sp³-hybridized carbons (Fsp3) is 0.421. The minimum absolute atomic E-state index is 0.0710. The van der Waals surface area contributed by atoms with E-state index in [1.54, 1.807) is 0 Å². The lowest BCUT2D eigenvalue weighted by Gasteiger charge is -2.25. The second kappa shape index (κ2) is 9.96. The molecule has 0 aliphatic heterocycles. The first-order chi connectivity index (χ1) is 13.7. The molecule has 2 aromatic rings. The number of benzene rings is 1. The van der Waals surface area contributed by atoms with Gasteiger partial charge in [-0.1, -0.05) is 37.0 Å². The van der Waals surface area contributed by atoms with E-state index in [0.717, 1.165) is 0 Å². The number of amides is 1. The first-order valence-electron chi connectivity index (χ1n) is 9.05. The molecule has 0 aliphatic carbocycles. The molecule has 0 fully saturated rings. The predicted molar refractivity (Wildman–Crippen MR) is 115 cm³/mol. The zero-order valence-corrected chi connectivity index (χ0v) is 18.0. The quantitative estimate of drug-likeness (QED) is 0.610. The number of aromatic amines is 1. The molecule has 0 atom stereocenters. The van der Waals surface area contributed by atoms with Crippen molar-refractivity contribution in [3.8, 4) is 0 Å². The fourth-order valence-corrected chi connectivity index (χ4v) is 3.15. The van der Waals surface area contributed by atoms with Crippen molar-refractivity contribution in [1.82, 2.24) is 9.55 Å². The number of carbonyl (C=O) groups excluding carboxylic acids is 1. The van der Waals surface area contributed by atoms with Crippen LogP contribution in [0.2, 0.25) is 10.0 Å². The molecule has 1 aromatic heterocycles. The van der Waals surface area contributed by atoms with Crippen LogP contribution in [0.3, 0.4) is 0 Å². The molecule has 0 saturated heterocycles. The predicted octanol–water partition coefficient (Wildman–Crippen LogP) is 2.76. The third-order valence-electron chi connectivity index (χ3n) is 4.17. The average molecular weight is 443 g/mol. The van der Waals surface area contributed by atoms with Gasteiger partial charge in [0.1, 0.15) is 5.82 Å². The molecule has 0 radical (unpaired) electrons. The van der Waals surface area contributed by atoms with Crippen molar-refractivity contribution >= 4 is 40.6 Å². The number of aromatic nitrogens is 2. The topological polar surface area (TPSA) is 110 Å². The monoisotopic (exact) mass is 442 g/mol. The van der Waals surface area contributed by atoms with Crippen LogP contribution in [0.25, 0.3) is 0 Å². The Morgan fingerprint density at radius 2 is 1.97 bits per heavy atom. The zero-order chi connectivity index (χ0) is 21.7. The lowest BCUT2D eigenvalue weighted by Crippen LogP contribution is -2.42. The summed E-state index contributed by atoms with van der Waals surface area (Å²) in [5.74, 6) is -0.466. The SMILES string of the molecule is COCCCN(C(=O)c1ccc(Cl)c(Cl)c1)c1c(N)n(CC(C)C)c(=O)[nH]c1=O. The minimum atomic E-state index is -0.738. The van der Waals surface area contributed by atoms with Gasteiger partial charge in [-0.3, -0.25) is 19.1 Å². The van der Waals surface area contributed by atoms with Gasteiger partial charge in [-0.15, -0.1) is 0 Å². The zero-order valence-electron chi connectivity index (χ0n) is 16.5. The molecule has 10 heteroatoms. The molecule has 1 aromatic carbocycles. The number of ether oxygens (including phenoxy) is 1. The number of rotatable bonds is 8. The number of carbonyl (C=O) groups is 1. The third-order valence-corrected chi connectivity index (χ3v) is 4.91. The van der Waals surface area contributed by atoms with Crippen LogP contribution in [0.5, 0.6) is 0 Å². The molecule has 0 aliphatic rings. The summed E-state index contributed by atoms with van der Waals surface area (Å²) in [4.78, 5) is 41.5. The molecule has 158 valence electrons. The van der Waals surface area contributed by atoms with Crippen molar-refractivity contribution < 1.29 is 9.53 Å². The highest BCUT2D eigenvalue weighted by atomic mass is 35.5. The first-order valence-corrected chi connectivity index (χ1v) is 9.81. The molecule has 1 amide bonds. The van der Waals surface area contributed by atoms with Crippen LogP contribution >= 0.6 is 23.2 Å². The molecule has 8 nitrogen and oxygen atoms in total. The van der Waals surface area contributed by atoms with Gasteiger partial charge < -0.3 is 15.4 Å². The maximum atomic E-state index is 13.2. The Bertz CT molecular complexity index is 1000. The lowest BCUT2D eigenvalue weighted by molar-refractivity contribution is 0.0983. The highest BCUT2D eigenvalue weighted by molar-refractivity contribution is 6.42. The van der Waals surface area contributed by atoms with E-state index in [9.17, 15) is 14.4 Å². The average Bonchev–Trinajstić information content (AvgIpc) is 2.65. The van der Waals surface area contributed by atoms with Gasteiger partial charge in [0.05, 0.1) is 10.0 Å². The van der Waals surface area contributed by atoms with Crippen LogP contribution in [-0.2, 0) is 11.3 Å². The number of nitrogens with zero attached hydrogens (tertiary/aromatic N) is 2. The summed E-state index contributed by atoms with van der Waals surface area (Å²) >= 11 is 12.0. The molecule has 0 saturated carbocycles. The molecule has 0 spiro atoms. The van der Waals surface area contributed by atoms with Crippen LogP contribution < -0.4 is 21.9 Å². The van der Waals surface area contributed by atoms with E-state index in [0.29, 0.717) is 24.6 Å². The summed E-state index contributed by atoms with van der Waals surface area (Å²) in [6, 6.07) is 4.43. The van der Waals surface area contributed by atoms with E-state index in [1.807, 2.05) is 13.8 Å². The normalized spacial score (nSPS) is 11.1. The van der Waals surface area contributed by atoms with Gasteiger partial charge in [-0.25, -0.2) is 4.79 Å². The van der Waals surface area contributed by atoms with Gasteiger partial charge in [-0.05, 0) is 30.5 Å². The van der Waals surface area contributed by atoms with Crippen molar-refractivity contribution in [3.05, 3.63) is 54.6 Å². The largest absolute Gasteiger partial charge is 0.385 e. The van der Waals surface area contributed by atoms with Crippen molar-refractivity contribution in [2.24, 2.45) is 5.92 Å². The summed E-state index contributed by atoms with van der Waals surface area (Å²) in [5.41, 5.74) is 4.97.